The fourth-order valence-corrected chi connectivity index (χ4v) is 16.1. The van der Waals surface area contributed by atoms with Crippen molar-refractivity contribution in [1.82, 2.24) is 24.9 Å². The van der Waals surface area contributed by atoms with Gasteiger partial charge in [0.15, 0.2) is 42.2 Å². The van der Waals surface area contributed by atoms with Crippen LogP contribution in [0.2, 0.25) is 0 Å². The number of hydrogen-bond donors (Lipinski definition) is 0. The molecule has 564 valence electrons. The van der Waals surface area contributed by atoms with Crippen LogP contribution < -0.4 is 22.8 Å². The summed E-state index contributed by atoms with van der Waals surface area (Å²) in [6, 6.07) is 61.2. The summed E-state index contributed by atoms with van der Waals surface area (Å²) in [4.78, 5) is 22.6. The molecule has 20 aromatic rings. The SMILES string of the molecule is Cc1ccc(-c2cc3c(cc2C)oc2cc(C)ncc23)[n+](C)c1.Cc1ccc(-c2cc3c(cc2C)oc2ccc(C)nc23)[n+](C)c1.Cc1ccc(-c2cc3c(cc2C)oc2cnc(C)cc23)[n+](C)c1.Cc1ccc(-c2cc3c(cc2C)oc2nc(C)ccc23)[n+](C)c1.Cc1nc2oc3ccccc3c2c(C)c1-c1cccc[n+]1C. The van der Waals surface area contributed by atoms with E-state index in [9.17, 15) is 0 Å². The summed E-state index contributed by atoms with van der Waals surface area (Å²) < 4.78 is 40.6. The molecule has 0 unspecified atom stereocenters. The lowest BCUT2D eigenvalue weighted by molar-refractivity contribution is -0.660. The van der Waals surface area contributed by atoms with E-state index < -0.39 is 0 Å². The topological polar surface area (TPSA) is 150 Å². The fourth-order valence-electron chi connectivity index (χ4n) is 16.1. The molecule has 0 aliphatic carbocycles. The monoisotopic (exact) mass is 1500 g/mol. The van der Waals surface area contributed by atoms with E-state index in [1.54, 1.807) is 0 Å². The molecular formula is C99H93N10O5+5. The Balaban J connectivity index is 0.000000107. The first-order valence-corrected chi connectivity index (χ1v) is 38.6. The molecular weight excluding hydrogens is 1410 g/mol. The van der Waals surface area contributed by atoms with Gasteiger partial charge in [0.1, 0.15) is 74.3 Å². The van der Waals surface area contributed by atoms with Crippen molar-refractivity contribution in [1.29, 1.82) is 0 Å². The molecule has 0 aliphatic rings. The lowest BCUT2D eigenvalue weighted by atomic mass is 9.99. The molecule has 5 aromatic carbocycles. The summed E-state index contributed by atoms with van der Waals surface area (Å²) in [7, 11) is 10.4. The van der Waals surface area contributed by atoms with Crippen molar-refractivity contribution < 1.29 is 44.9 Å². The summed E-state index contributed by atoms with van der Waals surface area (Å²) in [6.07, 6.45) is 14.4. The van der Waals surface area contributed by atoms with Crippen LogP contribution in [-0.2, 0) is 35.2 Å². The van der Waals surface area contributed by atoms with Gasteiger partial charge in [-0.05, 0) is 240 Å². The number of aromatic nitrogens is 10. The highest BCUT2D eigenvalue weighted by atomic mass is 16.4. The smallest absolute Gasteiger partial charge is 0.227 e. The van der Waals surface area contributed by atoms with E-state index in [-0.39, 0.29) is 0 Å². The molecule has 15 heteroatoms. The fraction of sp³-hybridized carbons (Fsp3) is 0.192. The Bertz CT molecular complexity index is 6890. The van der Waals surface area contributed by atoms with Crippen LogP contribution in [0, 0.1) is 96.9 Å². The maximum Gasteiger partial charge on any atom is 0.227 e. The zero-order chi connectivity index (χ0) is 79.8. The first kappa shape index (κ1) is 74.7. The first-order valence-electron chi connectivity index (χ1n) is 38.6. The van der Waals surface area contributed by atoms with Gasteiger partial charge in [0.05, 0.1) is 22.8 Å². The van der Waals surface area contributed by atoms with E-state index in [1.165, 1.54) is 101 Å². The second-order valence-electron chi connectivity index (χ2n) is 30.8. The molecule has 0 saturated carbocycles. The van der Waals surface area contributed by atoms with E-state index in [0.29, 0.717) is 5.71 Å². The molecule has 0 spiro atoms. The molecule has 0 N–H and O–H groups in total. The van der Waals surface area contributed by atoms with Gasteiger partial charge in [-0.2, -0.15) is 0 Å². The minimum Gasteiger partial charge on any atom is -0.456 e. The van der Waals surface area contributed by atoms with Gasteiger partial charge >= 0.3 is 0 Å². The summed E-state index contributed by atoms with van der Waals surface area (Å²) >= 11 is 0. The van der Waals surface area contributed by atoms with Crippen molar-refractivity contribution in [2.45, 2.75) is 96.9 Å². The van der Waals surface area contributed by atoms with Gasteiger partial charge < -0.3 is 22.1 Å². The highest BCUT2D eigenvalue weighted by molar-refractivity contribution is 6.10. The number of pyridine rings is 10. The lowest BCUT2D eigenvalue weighted by Crippen LogP contribution is -2.31. The Morgan fingerprint density at radius 3 is 1.25 bits per heavy atom. The molecule has 0 saturated heterocycles. The Morgan fingerprint density at radius 2 is 0.702 bits per heavy atom. The molecule has 0 aliphatic heterocycles. The zero-order valence-electron chi connectivity index (χ0n) is 68.3. The number of furan rings is 5. The van der Waals surface area contributed by atoms with Crippen molar-refractivity contribution >= 4 is 110 Å². The maximum absolute atomic E-state index is 6.01. The van der Waals surface area contributed by atoms with Crippen LogP contribution in [0.4, 0.5) is 0 Å². The molecule has 0 bridgehead atoms. The summed E-state index contributed by atoms with van der Waals surface area (Å²) in [5.41, 5.74) is 37.5. The van der Waals surface area contributed by atoms with Crippen LogP contribution in [0.15, 0.2) is 241 Å². The average Bonchev–Trinajstić information content (AvgIpc) is 1.63. The molecule has 15 nitrogen and oxygen atoms in total. The van der Waals surface area contributed by atoms with Crippen molar-refractivity contribution in [3.05, 3.63) is 298 Å². The van der Waals surface area contributed by atoms with Crippen molar-refractivity contribution in [2.75, 3.05) is 0 Å². The largest absolute Gasteiger partial charge is 0.456 e. The molecule has 0 fully saturated rings. The van der Waals surface area contributed by atoms with E-state index >= 15 is 0 Å². The molecule has 114 heavy (non-hydrogen) atoms. The minimum atomic E-state index is 0.713. The van der Waals surface area contributed by atoms with Gasteiger partial charge in [0.2, 0.25) is 39.9 Å². The summed E-state index contributed by atoms with van der Waals surface area (Å²) in [5, 5.41) is 9.97. The third-order valence-electron chi connectivity index (χ3n) is 21.8. The predicted octanol–water partition coefficient (Wildman–Crippen LogP) is 21.7. The van der Waals surface area contributed by atoms with Gasteiger partial charge in [-0.25, -0.2) is 37.8 Å². The Kier molecular flexibility index (Phi) is 19.7. The highest BCUT2D eigenvalue weighted by Gasteiger charge is 2.25. The summed E-state index contributed by atoms with van der Waals surface area (Å²) in [6.45, 7) is 29.1. The van der Waals surface area contributed by atoms with Gasteiger partial charge in [-0.3, -0.25) is 9.97 Å². The van der Waals surface area contributed by atoms with Crippen molar-refractivity contribution in [3.63, 3.8) is 0 Å². The van der Waals surface area contributed by atoms with Crippen LogP contribution in [-0.4, -0.2) is 24.9 Å². The first-order chi connectivity index (χ1) is 54.8. The normalized spacial score (nSPS) is 11.5. The Morgan fingerprint density at radius 1 is 0.272 bits per heavy atom. The number of para-hydroxylation sites is 1. The third kappa shape index (κ3) is 14.3. The van der Waals surface area contributed by atoms with Crippen molar-refractivity contribution in [2.24, 2.45) is 35.2 Å². The van der Waals surface area contributed by atoms with Gasteiger partial charge in [0.25, 0.3) is 0 Å². The molecule has 15 aromatic heterocycles. The zero-order valence-corrected chi connectivity index (χ0v) is 68.3. The van der Waals surface area contributed by atoms with Crippen LogP contribution in [0.5, 0.6) is 0 Å². The number of aryl methyl sites for hydroxylation is 19. The van der Waals surface area contributed by atoms with E-state index in [4.69, 9.17) is 27.1 Å². The van der Waals surface area contributed by atoms with Crippen LogP contribution in [0.1, 0.15) is 78.5 Å². The second-order valence-corrected chi connectivity index (χ2v) is 30.8. The standard InChI is InChI=1S/4C20H19N2O.C19H17N2O/c1-12-5-8-18(22(4)11-12)16-10-17-15-7-6-14(3)21-20(15)23-19(17)9-13(16)2;1-12-5-7-17(22(4)11-12)15-10-16-19(9-13(15)2)23-18-8-6-14(3)21-20(16)18;1-12-5-6-18(22(4)11-12)15-9-16-17-10-21-14(3)8-20(17)23-19(16)7-13(15)2;1-12-5-6-18(22(4)11-12)15-9-17-16-8-14(3)21-10-20(16)23-19(17)7-13(15)2;1-12-17(15-9-6-7-11-21(15)3)13(2)20-19-18(12)14-8-4-5-10-16(14)22-19/h4*5-11H,1-4H3;4-11H,1-3H3/q5*+1. The number of nitrogens with zero attached hydrogens (tertiary/aromatic N) is 10. The average molecular weight is 1500 g/mol. The summed E-state index contributed by atoms with van der Waals surface area (Å²) in [5.74, 6) is 0. The van der Waals surface area contributed by atoms with E-state index in [1.807, 2.05) is 95.5 Å². The Labute approximate surface area is 662 Å². The van der Waals surface area contributed by atoms with Crippen molar-refractivity contribution in [3.8, 4) is 56.3 Å². The van der Waals surface area contributed by atoms with Crippen LogP contribution in [0.3, 0.4) is 0 Å². The molecule has 0 atom stereocenters. The molecule has 0 radical (unpaired) electrons. The third-order valence-corrected chi connectivity index (χ3v) is 21.8. The van der Waals surface area contributed by atoms with Crippen LogP contribution in [0.25, 0.3) is 166 Å². The van der Waals surface area contributed by atoms with Gasteiger partial charge in [0, 0.05) is 159 Å². The Hall–Kier alpha value is -13.4. The number of hydrogen-bond acceptors (Lipinski definition) is 10. The van der Waals surface area contributed by atoms with E-state index in [2.05, 4.69) is 299 Å². The maximum atomic E-state index is 6.01. The van der Waals surface area contributed by atoms with Gasteiger partial charge in [-0.15, -0.1) is 0 Å². The minimum absolute atomic E-state index is 0.713. The van der Waals surface area contributed by atoms with E-state index in [0.717, 1.165) is 139 Å². The number of fused-ring (bicyclic) bond motifs is 15. The lowest BCUT2D eigenvalue weighted by Gasteiger charge is -2.08. The van der Waals surface area contributed by atoms with Gasteiger partial charge in [-0.1, -0.05) is 18.2 Å². The quantitative estimate of drug-likeness (QED) is 0.152. The number of benzene rings is 5. The van der Waals surface area contributed by atoms with Crippen LogP contribution >= 0.6 is 0 Å². The number of rotatable bonds is 5. The molecule has 20 rings (SSSR count). The predicted molar refractivity (Wildman–Crippen MR) is 457 cm³/mol. The molecule has 0 amide bonds. The second kappa shape index (κ2) is 30.0. The molecule has 15 heterocycles. The highest BCUT2D eigenvalue weighted by Crippen LogP contribution is 2.40.